The number of carboxylic acids is 1. The molecule has 0 saturated heterocycles. The number of ether oxygens (including phenoxy) is 1. The minimum absolute atomic E-state index is 0.0487. The van der Waals surface area contributed by atoms with Crippen molar-refractivity contribution in [1.82, 2.24) is 10.2 Å². The van der Waals surface area contributed by atoms with Crippen LogP contribution in [0.1, 0.15) is 57.6 Å². The summed E-state index contributed by atoms with van der Waals surface area (Å²) in [5, 5.41) is 12.0. The minimum Gasteiger partial charge on any atom is -0.481 e. The van der Waals surface area contributed by atoms with Gasteiger partial charge in [0.25, 0.3) is 5.91 Å². The van der Waals surface area contributed by atoms with E-state index >= 15 is 0 Å². The predicted octanol–water partition coefficient (Wildman–Crippen LogP) is 2.94. The zero-order chi connectivity index (χ0) is 20.1. The van der Waals surface area contributed by atoms with Gasteiger partial charge in [0.15, 0.2) is 6.10 Å². The van der Waals surface area contributed by atoms with E-state index < -0.39 is 12.1 Å². The van der Waals surface area contributed by atoms with Gasteiger partial charge in [-0.05, 0) is 62.4 Å². The van der Waals surface area contributed by atoms with Gasteiger partial charge >= 0.3 is 5.97 Å². The number of carbonyl (C=O) groups is 2. The number of aryl methyl sites for hydroxylation is 1. The predicted molar refractivity (Wildman–Crippen MR) is 105 cm³/mol. The highest BCUT2D eigenvalue weighted by Crippen LogP contribution is 2.26. The molecule has 6 heteroatoms. The molecular formula is C21H32N2O4. The number of carboxylic acid groups (broad SMARTS) is 1. The van der Waals surface area contributed by atoms with Gasteiger partial charge in [-0.15, -0.1) is 0 Å². The van der Waals surface area contributed by atoms with Crippen LogP contribution < -0.4 is 10.1 Å². The van der Waals surface area contributed by atoms with E-state index in [4.69, 9.17) is 9.84 Å². The van der Waals surface area contributed by atoms with Crippen LogP contribution in [-0.2, 0) is 9.59 Å². The number of carbonyl (C=O) groups excluding carboxylic acids is 1. The summed E-state index contributed by atoms with van der Waals surface area (Å²) in [6, 6.07) is 6.25. The van der Waals surface area contributed by atoms with Crippen molar-refractivity contribution >= 4 is 11.9 Å². The highest BCUT2D eigenvalue weighted by molar-refractivity contribution is 5.81. The number of aliphatic carboxylic acids is 1. The summed E-state index contributed by atoms with van der Waals surface area (Å²) in [5.74, 6) is 0.204. The molecule has 0 radical (unpaired) electrons. The summed E-state index contributed by atoms with van der Waals surface area (Å²) in [6.07, 6.45) is 0.985. The molecule has 6 nitrogen and oxygen atoms in total. The van der Waals surface area contributed by atoms with E-state index in [1.165, 1.54) is 5.56 Å². The largest absolute Gasteiger partial charge is 0.481 e. The molecule has 0 aromatic heterocycles. The number of benzene rings is 1. The molecule has 1 fully saturated rings. The number of rotatable bonds is 9. The number of likely N-dealkylation sites (N-methyl/N-ethyl adjacent to an activating group) is 1. The fourth-order valence-electron chi connectivity index (χ4n) is 3.62. The second-order valence-electron chi connectivity index (χ2n) is 7.72. The molecule has 2 rings (SSSR count). The molecular weight excluding hydrogens is 344 g/mol. The van der Waals surface area contributed by atoms with Crippen LogP contribution >= 0.6 is 0 Å². The third-order valence-corrected chi connectivity index (χ3v) is 5.27. The molecule has 1 saturated carbocycles. The van der Waals surface area contributed by atoms with Crippen molar-refractivity contribution < 1.29 is 19.4 Å². The molecule has 0 heterocycles. The van der Waals surface area contributed by atoms with Crippen LogP contribution in [0, 0.1) is 6.92 Å². The van der Waals surface area contributed by atoms with Gasteiger partial charge in [-0.2, -0.15) is 0 Å². The van der Waals surface area contributed by atoms with Crippen LogP contribution in [0.25, 0.3) is 0 Å². The van der Waals surface area contributed by atoms with Gasteiger partial charge in [0, 0.05) is 12.1 Å². The first-order valence-electron chi connectivity index (χ1n) is 9.74. The Morgan fingerprint density at radius 2 is 1.96 bits per heavy atom. The lowest BCUT2D eigenvalue weighted by molar-refractivity contribution is -0.140. The van der Waals surface area contributed by atoms with Gasteiger partial charge in [0.2, 0.25) is 0 Å². The van der Waals surface area contributed by atoms with Crippen molar-refractivity contribution in [1.29, 1.82) is 0 Å². The van der Waals surface area contributed by atoms with Crippen molar-refractivity contribution in [2.75, 3.05) is 13.1 Å². The van der Waals surface area contributed by atoms with Crippen LogP contribution in [0.15, 0.2) is 18.2 Å². The molecule has 0 spiro atoms. The lowest BCUT2D eigenvalue weighted by Crippen LogP contribution is -2.56. The average molecular weight is 376 g/mol. The second-order valence-corrected chi connectivity index (χ2v) is 7.72. The Labute approximate surface area is 161 Å². The lowest BCUT2D eigenvalue weighted by atomic mass is 9.85. The molecule has 0 aliphatic heterocycles. The number of hydrogen-bond acceptors (Lipinski definition) is 4. The van der Waals surface area contributed by atoms with E-state index in [1.807, 2.05) is 24.0 Å². The SMILES string of the molecule is CCN(CC(=O)O)C1CC(NC(=O)C(C)Oc2ccc(C(C)C)c(C)c2)C1. The van der Waals surface area contributed by atoms with Crippen molar-refractivity contribution in [2.24, 2.45) is 0 Å². The normalized spacial score (nSPS) is 20.3. The van der Waals surface area contributed by atoms with Crippen LogP contribution in [0.2, 0.25) is 0 Å². The zero-order valence-corrected chi connectivity index (χ0v) is 17.0. The Balaban J connectivity index is 1.81. The molecule has 1 aliphatic rings. The Morgan fingerprint density at radius 3 is 2.48 bits per heavy atom. The molecule has 1 aromatic carbocycles. The maximum absolute atomic E-state index is 12.4. The van der Waals surface area contributed by atoms with Gasteiger partial charge in [-0.1, -0.05) is 26.8 Å². The molecule has 1 atom stereocenters. The van der Waals surface area contributed by atoms with Crippen LogP contribution in [0.5, 0.6) is 5.75 Å². The number of nitrogens with zero attached hydrogens (tertiary/aromatic N) is 1. The summed E-state index contributed by atoms with van der Waals surface area (Å²) >= 11 is 0. The molecule has 0 bridgehead atoms. The fraction of sp³-hybridized carbons (Fsp3) is 0.619. The zero-order valence-electron chi connectivity index (χ0n) is 17.0. The highest BCUT2D eigenvalue weighted by Gasteiger charge is 2.35. The first-order valence-corrected chi connectivity index (χ1v) is 9.74. The minimum atomic E-state index is -0.815. The molecule has 1 aliphatic carbocycles. The summed E-state index contributed by atoms with van der Waals surface area (Å²) in [5.41, 5.74) is 2.44. The van der Waals surface area contributed by atoms with E-state index in [0.717, 1.165) is 18.4 Å². The van der Waals surface area contributed by atoms with E-state index in [2.05, 4.69) is 32.2 Å². The van der Waals surface area contributed by atoms with Gasteiger partial charge in [0.1, 0.15) is 5.75 Å². The van der Waals surface area contributed by atoms with Gasteiger partial charge < -0.3 is 15.2 Å². The molecule has 1 amide bonds. The standard InChI is InChI=1S/C21H32N2O4/c1-6-23(12-20(24)25)17-10-16(11-17)22-21(26)15(5)27-18-7-8-19(13(2)3)14(4)9-18/h7-9,13,15-17H,6,10-12H2,1-5H3,(H,22,26)(H,24,25). The van der Waals surface area contributed by atoms with Crippen molar-refractivity contribution in [3.63, 3.8) is 0 Å². The Hall–Kier alpha value is -2.08. The van der Waals surface area contributed by atoms with Gasteiger partial charge in [-0.3, -0.25) is 14.5 Å². The van der Waals surface area contributed by atoms with E-state index in [9.17, 15) is 9.59 Å². The van der Waals surface area contributed by atoms with Gasteiger partial charge in [-0.25, -0.2) is 0 Å². The van der Waals surface area contributed by atoms with Crippen LogP contribution in [0.3, 0.4) is 0 Å². The first-order chi connectivity index (χ1) is 12.7. The molecule has 1 aromatic rings. The topological polar surface area (TPSA) is 78.9 Å². The van der Waals surface area contributed by atoms with Crippen molar-refractivity contribution in [3.8, 4) is 5.75 Å². The highest BCUT2D eigenvalue weighted by atomic mass is 16.5. The summed E-state index contributed by atoms with van der Waals surface area (Å²) in [7, 11) is 0. The van der Waals surface area contributed by atoms with Crippen molar-refractivity contribution in [3.05, 3.63) is 29.3 Å². The monoisotopic (exact) mass is 376 g/mol. The number of nitrogens with one attached hydrogen (secondary N) is 1. The maximum Gasteiger partial charge on any atom is 0.317 e. The third kappa shape index (κ3) is 5.70. The smallest absolute Gasteiger partial charge is 0.317 e. The second kappa shape index (κ2) is 9.22. The third-order valence-electron chi connectivity index (χ3n) is 5.27. The average Bonchev–Trinajstić information content (AvgIpc) is 2.55. The summed E-state index contributed by atoms with van der Waals surface area (Å²) in [6.45, 7) is 10.8. The first kappa shape index (κ1) is 21.2. The fourth-order valence-corrected chi connectivity index (χ4v) is 3.62. The van der Waals surface area contributed by atoms with Crippen LogP contribution in [-0.4, -0.2) is 53.2 Å². The van der Waals surface area contributed by atoms with Gasteiger partial charge in [0.05, 0.1) is 6.54 Å². The van der Waals surface area contributed by atoms with Crippen LogP contribution in [0.4, 0.5) is 0 Å². The Morgan fingerprint density at radius 1 is 1.30 bits per heavy atom. The molecule has 1 unspecified atom stereocenters. The molecule has 150 valence electrons. The quantitative estimate of drug-likeness (QED) is 0.693. The number of amides is 1. The van der Waals surface area contributed by atoms with E-state index in [1.54, 1.807) is 6.92 Å². The van der Waals surface area contributed by atoms with E-state index in [-0.39, 0.29) is 24.5 Å². The maximum atomic E-state index is 12.4. The summed E-state index contributed by atoms with van der Waals surface area (Å²) < 4.78 is 5.81. The number of hydrogen-bond donors (Lipinski definition) is 2. The summed E-state index contributed by atoms with van der Waals surface area (Å²) in [4.78, 5) is 25.2. The molecule has 2 N–H and O–H groups in total. The lowest BCUT2D eigenvalue weighted by Gasteiger charge is -2.42. The van der Waals surface area contributed by atoms with Crippen molar-refractivity contribution in [2.45, 2.75) is 71.6 Å². The molecule has 27 heavy (non-hydrogen) atoms. The Kier molecular flexibility index (Phi) is 7.25. The van der Waals surface area contributed by atoms with E-state index in [0.29, 0.717) is 18.2 Å². The Bertz CT molecular complexity index is 668.